The van der Waals surface area contributed by atoms with E-state index in [9.17, 15) is 14.4 Å². The number of hydrogen-bond acceptors (Lipinski definition) is 5. The molecule has 0 aliphatic heterocycles. The number of rotatable bonds is 25. The van der Waals surface area contributed by atoms with Gasteiger partial charge in [0.25, 0.3) is 0 Å². The van der Waals surface area contributed by atoms with E-state index in [0.29, 0.717) is 19.6 Å². The highest BCUT2D eigenvalue weighted by Gasteiger charge is 2.23. The van der Waals surface area contributed by atoms with E-state index in [2.05, 4.69) is 29.5 Å². The quantitative estimate of drug-likeness (QED) is 0.0774. The molecule has 0 saturated carbocycles. The van der Waals surface area contributed by atoms with Crippen molar-refractivity contribution in [3.63, 3.8) is 0 Å². The third kappa shape index (κ3) is 20.2. The van der Waals surface area contributed by atoms with Gasteiger partial charge in [0, 0.05) is 32.1 Å². The Morgan fingerprint density at radius 3 is 2.12 bits per heavy atom. The highest BCUT2D eigenvalue weighted by molar-refractivity contribution is 5.85. The fourth-order valence-electron chi connectivity index (χ4n) is 4.34. The van der Waals surface area contributed by atoms with Crippen molar-refractivity contribution in [3.05, 3.63) is 35.9 Å². The van der Waals surface area contributed by atoms with Crippen molar-refractivity contribution in [2.45, 2.75) is 129 Å². The molecule has 0 saturated heterocycles. The minimum absolute atomic E-state index is 0.101. The molecule has 0 bridgehead atoms. The van der Waals surface area contributed by atoms with E-state index < -0.39 is 12.0 Å². The van der Waals surface area contributed by atoms with Crippen LogP contribution in [0.4, 0.5) is 0 Å². The number of nitrogens with zero attached hydrogens (tertiary/aromatic N) is 1. The first kappa shape index (κ1) is 35.3. The Labute approximate surface area is 243 Å². The molecule has 1 atom stereocenters. The molecule has 0 aliphatic rings. The summed E-state index contributed by atoms with van der Waals surface area (Å²) in [6.07, 6.45) is 17.8. The van der Waals surface area contributed by atoms with E-state index in [1.807, 2.05) is 36.5 Å². The van der Waals surface area contributed by atoms with Crippen molar-refractivity contribution in [1.29, 1.82) is 0 Å². The molecule has 226 valence electrons. The van der Waals surface area contributed by atoms with Crippen LogP contribution >= 0.6 is 0 Å². The number of esters is 1. The van der Waals surface area contributed by atoms with Gasteiger partial charge in [0.1, 0.15) is 6.04 Å². The second-order valence-corrected chi connectivity index (χ2v) is 10.6. The molecule has 1 rings (SSSR count). The number of amides is 2. The lowest BCUT2D eigenvalue weighted by Gasteiger charge is -2.18. The van der Waals surface area contributed by atoms with Gasteiger partial charge in [-0.05, 0) is 44.1 Å². The van der Waals surface area contributed by atoms with Crippen molar-refractivity contribution >= 4 is 24.0 Å². The summed E-state index contributed by atoms with van der Waals surface area (Å²) in [5.41, 5.74) is 1.08. The van der Waals surface area contributed by atoms with E-state index in [1.165, 1.54) is 38.5 Å². The minimum atomic E-state index is -0.793. The van der Waals surface area contributed by atoms with Crippen LogP contribution in [0.1, 0.15) is 129 Å². The summed E-state index contributed by atoms with van der Waals surface area (Å²) in [4.78, 5) is 42.0. The second-order valence-electron chi connectivity index (χ2n) is 10.6. The Morgan fingerprint density at radius 1 is 0.775 bits per heavy atom. The number of benzene rings is 1. The first-order valence-electron chi connectivity index (χ1n) is 15.8. The van der Waals surface area contributed by atoms with Gasteiger partial charge in [-0.15, -0.1) is 0 Å². The van der Waals surface area contributed by atoms with Crippen molar-refractivity contribution in [2.24, 2.45) is 4.99 Å². The van der Waals surface area contributed by atoms with Crippen LogP contribution < -0.4 is 10.6 Å². The second kappa shape index (κ2) is 25.3. The van der Waals surface area contributed by atoms with Gasteiger partial charge in [-0.3, -0.25) is 14.6 Å². The number of aliphatic imine (C=N–C) groups is 1. The minimum Gasteiger partial charge on any atom is -0.464 e. The van der Waals surface area contributed by atoms with Crippen molar-refractivity contribution in [3.8, 4) is 0 Å². The Balaban J connectivity index is 2.33. The summed E-state index contributed by atoms with van der Waals surface area (Å²) in [5, 5.41) is 5.71. The van der Waals surface area contributed by atoms with Gasteiger partial charge in [0.2, 0.25) is 11.8 Å². The molecule has 0 unspecified atom stereocenters. The predicted molar refractivity (Wildman–Crippen MR) is 165 cm³/mol. The zero-order valence-corrected chi connectivity index (χ0v) is 25.3. The monoisotopic (exact) mass is 557 g/mol. The molecule has 0 aliphatic carbocycles. The number of ether oxygens (including phenoxy) is 1. The maximum absolute atomic E-state index is 12.8. The lowest BCUT2D eigenvalue weighted by atomic mass is 10.1. The Morgan fingerprint density at radius 2 is 1.43 bits per heavy atom. The third-order valence-electron chi connectivity index (χ3n) is 6.86. The first-order chi connectivity index (χ1) is 19.6. The van der Waals surface area contributed by atoms with Crippen LogP contribution in [0.3, 0.4) is 0 Å². The van der Waals surface area contributed by atoms with Gasteiger partial charge < -0.3 is 15.4 Å². The van der Waals surface area contributed by atoms with Gasteiger partial charge >= 0.3 is 5.97 Å². The third-order valence-corrected chi connectivity index (χ3v) is 6.86. The molecule has 40 heavy (non-hydrogen) atoms. The molecule has 2 amide bonds. The Hall–Kier alpha value is -2.70. The molecule has 0 heterocycles. The molecule has 7 nitrogen and oxygen atoms in total. The van der Waals surface area contributed by atoms with Crippen molar-refractivity contribution < 1.29 is 19.1 Å². The highest BCUT2D eigenvalue weighted by Crippen LogP contribution is 2.11. The van der Waals surface area contributed by atoms with Crippen LogP contribution in [0.25, 0.3) is 0 Å². The molecule has 0 fully saturated rings. The SMILES string of the molecule is CCCCCCCCCCCC(=O)N[C@@H](CCC(=O)NCCCC)C(=O)OCCCCCN=Cc1ccccc1. The smallest absolute Gasteiger partial charge is 0.328 e. The Kier molecular flexibility index (Phi) is 22.3. The van der Waals surface area contributed by atoms with Crippen LogP contribution in [0.5, 0.6) is 0 Å². The van der Waals surface area contributed by atoms with Crippen molar-refractivity contribution in [2.75, 3.05) is 19.7 Å². The molecule has 1 aromatic carbocycles. The van der Waals surface area contributed by atoms with Crippen LogP contribution in [-0.4, -0.2) is 49.7 Å². The fraction of sp³-hybridized carbons (Fsp3) is 0.697. The summed E-state index contributed by atoms with van der Waals surface area (Å²) in [6.45, 7) is 5.95. The first-order valence-corrected chi connectivity index (χ1v) is 15.8. The lowest BCUT2D eigenvalue weighted by molar-refractivity contribution is -0.148. The standard InChI is InChI=1S/C33H55N3O4/c1-3-5-7-8-9-10-11-12-17-22-32(38)36-30(23-24-31(37)35-26-6-4-2)33(39)40-27-19-14-18-25-34-28-29-20-15-13-16-21-29/h13,15-16,20-21,28,30H,3-12,14,17-19,22-27H2,1-2H3,(H,35,37)(H,36,38)/t30-/m0/s1. The van der Waals surface area contributed by atoms with E-state index in [0.717, 1.165) is 63.5 Å². The van der Waals surface area contributed by atoms with Crippen LogP contribution in [0, 0.1) is 0 Å². The average Bonchev–Trinajstić information content (AvgIpc) is 2.96. The molecular weight excluding hydrogens is 502 g/mol. The summed E-state index contributed by atoms with van der Waals surface area (Å²) in [6, 6.07) is 9.20. The summed E-state index contributed by atoms with van der Waals surface area (Å²) < 4.78 is 5.49. The molecule has 0 spiro atoms. The maximum Gasteiger partial charge on any atom is 0.328 e. The molecule has 7 heteroatoms. The highest BCUT2D eigenvalue weighted by atomic mass is 16.5. The van der Waals surface area contributed by atoms with Crippen LogP contribution in [-0.2, 0) is 19.1 Å². The summed E-state index contributed by atoms with van der Waals surface area (Å²) >= 11 is 0. The topological polar surface area (TPSA) is 96.9 Å². The number of unbranched alkanes of at least 4 members (excludes halogenated alkanes) is 11. The van der Waals surface area contributed by atoms with Crippen LogP contribution in [0.15, 0.2) is 35.3 Å². The number of hydrogen-bond donors (Lipinski definition) is 2. The van der Waals surface area contributed by atoms with E-state index in [4.69, 9.17) is 4.74 Å². The normalized spacial score (nSPS) is 11.8. The summed E-state index contributed by atoms with van der Waals surface area (Å²) in [5.74, 6) is -0.702. The van der Waals surface area contributed by atoms with Gasteiger partial charge in [0.15, 0.2) is 0 Å². The predicted octanol–water partition coefficient (Wildman–Crippen LogP) is 6.92. The van der Waals surface area contributed by atoms with Gasteiger partial charge in [-0.25, -0.2) is 4.79 Å². The zero-order chi connectivity index (χ0) is 29.1. The van der Waals surface area contributed by atoms with E-state index in [1.54, 1.807) is 0 Å². The molecule has 2 N–H and O–H groups in total. The van der Waals surface area contributed by atoms with Crippen LogP contribution in [0.2, 0.25) is 0 Å². The summed E-state index contributed by atoms with van der Waals surface area (Å²) in [7, 11) is 0. The molecule has 1 aromatic rings. The lowest BCUT2D eigenvalue weighted by Crippen LogP contribution is -2.42. The number of carbonyl (C=O) groups excluding carboxylic acids is 3. The maximum atomic E-state index is 12.8. The number of nitrogens with one attached hydrogen (secondary N) is 2. The Bertz CT molecular complexity index is 813. The molecular formula is C33H55N3O4. The van der Waals surface area contributed by atoms with Gasteiger partial charge in [0.05, 0.1) is 6.61 Å². The molecule has 0 radical (unpaired) electrons. The number of carbonyl (C=O) groups is 3. The van der Waals surface area contributed by atoms with Gasteiger partial charge in [-0.1, -0.05) is 102 Å². The molecule has 0 aromatic heterocycles. The largest absolute Gasteiger partial charge is 0.464 e. The fourth-order valence-corrected chi connectivity index (χ4v) is 4.34. The average molecular weight is 558 g/mol. The van der Waals surface area contributed by atoms with E-state index in [-0.39, 0.29) is 24.7 Å². The van der Waals surface area contributed by atoms with E-state index >= 15 is 0 Å². The van der Waals surface area contributed by atoms with Crippen molar-refractivity contribution in [1.82, 2.24) is 10.6 Å². The zero-order valence-electron chi connectivity index (χ0n) is 25.3. The van der Waals surface area contributed by atoms with Gasteiger partial charge in [-0.2, -0.15) is 0 Å².